The highest BCUT2D eigenvalue weighted by molar-refractivity contribution is 5.93. The number of hydrogen-bond donors (Lipinski definition) is 1. The number of rotatable bonds is 3. The number of benzene rings is 1. The van der Waals surface area contributed by atoms with Crippen molar-refractivity contribution in [3.8, 4) is 0 Å². The largest absolute Gasteiger partial charge is 0.341 e. The van der Waals surface area contributed by atoms with Crippen molar-refractivity contribution < 1.29 is 4.79 Å². The van der Waals surface area contributed by atoms with E-state index in [2.05, 4.69) is 32.3 Å². The van der Waals surface area contributed by atoms with E-state index in [0.717, 1.165) is 25.6 Å². The van der Waals surface area contributed by atoms with Gasteiger partial charge in [0.1, 0.15) is 0 Å². The maximum Gasteiger partial charge on any atom is 0.257 e. The Kier molecular flexibility index (Phi) is 4.61. The lowest BCUT2D eigenvalue weighted by Gasteiger charge is -2.34. The summed E-state index contributed by atoms with van der Waals surface area (Å²) in [6, 6.07) is 10.4. The summed E-state index contributed by atoms with van der Waals surface area (Å²) in [6.45, 7) is 4.17. The van der Waals surface area contributed by atoms with E-state index in [1.807, 2.05) is 23.1 Å². The molecule has 2 fully saturated rings. The summed E-state index contributed by atoms with van der Waals surface area (Å²) < 4.78 is 0. The van der Waals surface area contributed by atoms with E-state index in [9.17, 15) is 4.79 Å². The zero-order valence-electron chi connectivity index (χ0n) is 14.3. The molecule has 1 N–H and O–H groups in total. The number of carbonyl (C=O) groups is 1. The van der Waals surface area contributed by atoms with Gasteiger partial charge < -0.3 is 15.1 Å². The molecule has 2 aliphatic heterocycles. The predicted octanol–water partition coefficient (Wildman–Crippen LogP) is 1.86. The van der Waals surface area contributed by atoms with E-state index in [1.165, 1.54) is 18.4 Å². The number of carbonyl (C=O) groups excluding carboxylic acids is 1. The van der Waals surface area contributed by atoms with Gasteiger partial charge in [0.05, 0.1) is 5.56 Å². The van der Waals surface area contributed by atoms with Crippen LogP contribution < -0.4 is 10.2 Å². The average molecular weight is 337 g/mol. The molecule has 0 spiro atoms. The molecule has 2 aromatic rings. The van der Waals surface area contributed by atoms with Gasteiger partial charge in [-0.3, -0.25) is 4.79 Å². The zero-order chi connectivity index (χ0) is 17.1. The van der Waals surface area contributed by atoms with Crippen LogP contribution >= 0.6 is 0 Å². The van der Waals surface area contributed by atoms with Gasteiger partial charge in [-0.05, 0) is 18.4 Å². The normalized spacial score (nSPS) is 20.7. The molecule has 1 unspecified atom stereocenters. The molecule has 0 radical (unpaired) electrons. The minimum absolute atomic E-state index is 0.00963. The molecule has 1 aromatic heterocycles. The van der Waals surface area contributed by atoms with Crippen LogP contribution in [0, 0.1) is 0 Å². The van der Waals surface area contributed by atoms with Crippen LogP contribution in [0.25, 0.3) is 0 Å². The van der Waals surface area contributed by atoms with E-state index >= 15 is 0 Å². The van der Waals surface area contributed by atoms with Crippen LogP contribution in [-0.2, 0) is 0 Å². The molecule has 0 saturated carbocycles. The molecule has 6 nitrogen and oxygen atoms in total. The molecule has 25 heavy (non-hydrogen) atoms. The van der Waals surface area contributed by atoms with E-state index in [4.69, 9.17) is 0 Å². The Morgan fingerprint density at radius 3 is 2.48 bits per heavy atom. The first kappa shape index (κ1) is 16.0. The van der Waals surface area contributed by atoms with Gasteiger partial charge in [0, 0.05) is 51.2 Å². The zero-order valence-corrected chi connectivity index (χ0v) is 14.3. The van der Waals surface area contributed by atoms with Crippen LogP contribution in [-0.4, -0.2) is 53.5 Å². The Balaban J connectivity index is 1.44. The van der Waals surface area contributed by atoms with E-state index in [1.54, 1.807) is 12.4 Å². The SMILES string of the molecule is O=C(c1cnc(N2CCCC2)nc1)N1CCNC(c2ccccc2)C1. The summed E-state index contributed by atoms with van der Waals surface area (Å²) in [5, 5.41) is 3.49. The molecule has 4 rings (SSSR count). The Morgan fingerprint density at radius 2 is 1.76 bits per heavy atom. The van der Waals surface area contributed by atoms with Crippen molar-refractivity contribution in [1.29, 1.82) is 0 Å². The molecule has 6 heteroatoms. The van der Waals surface area contributed by atoms with Gasteiger partial charge in [0.15, 0.2) is 0 Å². The quantitative estimate of drug-likeness (QED) is 0.926. The number of nitrogens with zero attached hydrogens (tertiary/aromatic N) is 4. The van der Waals surface area contributed by atoms with Crippen LogP contribution in [0.3, 0.4) is 0 Å². The number of amides is 1. The Labute approximate surface area is 147 Å². The van der Waals surface area contributed by atoms with Crippen molar-refractivity contribution in [3.63, 3.8) is 0 Å². The third-order valence-corrected chi connectivity index (χ3v) is 4.94. The topological polar surface area (TPSA) is 61.4 Å². The molecular formula is C19H23N5O. The first-order chi connectivity index (χ1) is 12.3. The summed E-state index contributed by atoms with van der Waals surface area (Å²) in [5.41, 5.74) is 1.78. The van der Waals surface area contributed by atoms with Crippen LogP contribution in [0.15, 0.2) is 42.7 Å². The molecule has 2 saturated heterocycles. The third kappa shape index (κ3) is 3.49. The van der Waals surface area contributed by atoms with Crippen molar-refractivity contribution >= 4 is 11.9 Å². The van der Waals surface area contributed by atoms with Crippen molar-refractivity contribution in [1.82, 2.24) is 20.2 Å². The molecule has 130 valence electrons. The molecule has 1 amide bonds. The van der Waals surface area contributed by atoms with E-state index in [0.29, 0.717) is 18.7 Å². The van der Waals surface area contributed by atoms with E-state index in [-0.39, 0.29) is 11.9 Å². The Hall–Kier alpha value is -2.47. The van der Waals surface area contributed by atoms with Crippen molar-refractivity contribution in [3.05, 3.63) is 53.9 Å². The summed E-state index contributed by atoms with van der Waals surface area (Å²) in [4.78, 5) is 25.7. The number of aromatic nitrogens is 2. The molecular weight excluding hydrogens is 314 g/mol. The van der Waals surface area contributed by atoms with Gasteiger partial charge in [-0.15, -0.1) is 0 Å². The average Bonchev–Trinajstić information content (AvgIpc) is 3.23. The smallest absolute Gasteiger partial charge is 0.257 e. The fraction of sp³-hybridized carbons (Fsp3) is 0.421. The fourth-order valence-electron chi connectivity index (χ4n) is 3.54. The maximum atomic E-state index is 12.8. The van der Waals surface area contributed by atoms with Gasteiger partial charge in [-0.2, -0.15) is 0 Å². The summed E-state index contributed by atoms with van der Waals surface area (Å²) >= 11 is 0. The standard InChI is InChI=1S/C19H23N5O/c25-18(16-12-21-19(22-13-16)23-9-4-5-10-23)24-11-8-20-17(14-24)15-6-2-1-3-7-15/h1-3,6-7,12-13,17,20H,4-5,8-11,14H2. The van der Waals surface area contributed by atoms with Crippen LogP contribution in [0.4, 0.5) is 5.95 Å². The van der Waals surface area contributed by atoms with Gasteiger partial charge in [-0.1, -0.05) is 30.3 Å². The minimum Gasteiger partial charge on any atom is -0.341 e. The first-order valence-electron chi connectivity index (χ1n) is 8.96. The second kappa shape index (κ2) is 7.19. The number of hydrogen-bond acceptors (Lipinski definition) is 5. The number of piperazine rings is 1. The lowest BCUT2D eigenvalue weighted by molar-refractivity contribution is 0.0702. The second-order valence-electron chi connectivity index (χ2n) is 6.63. The van der Waals surface area contributed by atoms with Crippen LogP contribution in [0.1, 0.15) is 34.8 Å². The van der Waals surface area contributed by atoms with Crippen molar-refractivity contribution in [2.75, 3.05) is 37.6 Å². The number of nitrogens with one attached hydrogen (secondary N) is 1. The predicted molar refractivity (Wildman–Crippen MR) is 96.6 cm³/mol. The van der Waals surface area contributed by atoms with E-state index < -0.39 is 0 Å². The molecule has 3 heterocycles. The van der Waals surface area contributed by atoms with Crippen molar-refractivity contribution in [2.45, 2.75) is 18.9 Å². The highest BCUT2D eigenvalue weighted by Crippen LogP contribution is 2.19. The van der Waals surface area contributed by atoms with Gasteiger partial charge >= 0.3 is 0 Å². The third-order valence-electron chi connectivity index (χ3n) is 4.94. The monoisotopic (exact) mass is 337 g/mol. The van der Waals surface area contributed by atoms with Crippen molar-refractivity contribution in [2.24, 2.45) is 0 Å². The Bertz CT molecular complexity index is 712. The maximum absolute atomic E-state index is 12.8. The van der Waals surface area contributed by atoms with Gasteiger partial charge in [-0.25, -0.2) is 9.97 Å². The molecule has 2 aliphatic rings. The minimum atomic E-state index is 0.00963. The van der Waals surface area contributed by atoms with Gasteiger partial charge in [0.2, 0.25) is 5.95 Å². The molecule has 1 aromatic carbocycles. The molecule has 0 aliphatic carbocycles. The first-order valence-corrected chi connectivity index (χ1v) is 8.96. The van der Waals surface area contributed by atoms with Crippen LogP contribution in [0.5, 0.6) is 0 Å². The lowest BCUT2D eigenvalue weighted by atomic mass is 10.0. The Morgan fingerprint density at radius 1 is 1.04 bits per heavy atom. The fourth-order valence-corrected chi connectivity index (χ4v) is 3.54. The van der Waals surface area contributed by atoms with Gasteiger partial charge in [0.25, 0.3) is 5.91 Å². The second-order valence-corrected chi connectivity index (χ2v) is 6.63. The number of anilines is 1. The summed E-state index contributed by atoms with van der Waals surface area (Å²) in [5.74, 6) is 0.743. The highest BCUT2D eigenvalue weighted by Gasteiger charge is 2.25. The highest BCUT2D eigenvalue weighted by atomic mass is 16.2. The summed E-state index contributed by atoms with van der Waals surface area (Å²) in [6.07, 6.45) is 5.71. The summed E-state index contributed by atoms with van der Waals surface area (Å²) in [7, 11) is 0. The lowest BCUT2D eigenvalue weighted by Crippen LogP contribution is -2.48. The molecule has 1 atom stereocenters. The van der Waals surface area contributed by atoms with Crippen LogP contribution in [0.2, 0.25) is 0 Å². The molecule has 0 bridgehead atoms.